The molecule has 0 aliphatic carbocycles. The quantitative estimate of drug-likeness (QED) is 0.491. The van der Waals surface area contributed by atoms with Crippen molar-refractivity contribution >= 4 is 21.6 Å². The Morgan fingerprint density at radius 1 is 0.939 bits per heavy atom. The zero-order valence-corrected chi connectivity index (χ0v) is 18.5. The van der Waals surface area contributed by atoms with Gasteiger partial charge in [0.1, 0.15) is 0 Å². The smallest absolute Gasteiger partial charge is 0.262 e. The van der Waals surface area contributed by atoms with Crippen LogP contribution in [0.25, 0.3) is 0 Å². The first-order valence-electron chi connectivity index (χ1n) is 10.5. The SMILES string of the molecule is O=C(NCC(O)c1ccccc1)c1ccc(NS(=O)(=O)c2ccc3c(c2)OCCCO3)cc1. The van der Waals surface area contributed by atoms with E-state index in [1.165, 1.54) is 36.4 Å². The highest BCUT2D eigenvalue weighted by Crippen LogP contribution is 2.32. The molecule has 0 aromatic heterocycles. The number of nitrogens with one attached hydrogen (secondary N) is 2. The summed E-state index contributed by atoms with van der Waals surface area (Å²) < 4.78 is 39.2. The van der Waals surface area contributed by atoms with Crippen LogP contribution in [0.3, 0.4) is 0 Å². The molecular weight excluding hydrogens is 444 g/mol. The van der Waals surface area contributed by atoms with Crippen molar-refractivity contribution in [1.29, 1.82) is 0 Å². The minimum Gasteiger partial charge on any atom is -0.490 e. The molecule has 1 aliphatic heterocycles. The normalized spacial score (nSPS) is 14.1. The molecule has 1 amide bonds. The van der Waals surface area contributed by atoms with E-state index in [0.29, 0.717) is 41.5 Å². The maximum absolute atomic E-state index is 12.8. The number of anilines is 1. The molecule has 1 aliphatic rings. The van der Waals surface area contributed by atoms with E-state index in [1.807, 2.05) is 18.2 Å². The van der Waals surface area contributed by atoms with E-state index in [1.54, 1.807) is 18.2 Å². The molecule has 9 heteroatoms. The van der Waals surface area contributed by atoms with Gasteiger partial charge in [0.2, 0.25) is 0 Å². The third-order valence-corrected chi connectivity index (χ3v) is 6.45. The topological polar surface area (TPSA) is 114 Å². The first kappa shape index (κ1) is 22.6. The van der Waals surface area contributed by atoms with E-state index in [2.05, 4.69) is 10.0 Å². The van der Waals surface area contributed by atoms with Gasteiger partial charge < -0.3 is 19.9 Å². The highest BCUT2D eigenvalue weighted by molar-refractivity contribution is 7.92. The summed E-state index contributed by atoms with van der Waals surface area (Å²) in [4.78, 5) is 12.4. The first-order valence-corrected chi connectivity index (χ1v) is 11.9. The lowest BCUT2D eigenvalue weighted by molar-refractivity contribution is 0.0916. The van der Waals surface area contributed by atoms with E-state index in [0.717, 1.165) is 6.42 Å². The Bertz CT molecular complexity index is 1210. The van der Waals surface area contributed by atoms with E-state index in [4.69, 9.17) is 9.47 Å². The number of aliphatic hydroxyl groups is 1. The molecule has 1 atom stereocenters. The van der Waals surface area contributed by atoms with Gasteiger partial charge in [-0.3, -0.25) is 9.52 Å². The lowest BCUT2D eigenvalue weighted by atomic mass is 10.1. The van der Waals surface area contributed by atoms with Gasteiger partial charge in [0.15, 0.2) is 11.5 Å². The molecule has 4 rings (SSSR count). The van der Waals surface area contributed by atoms with Crippen LogP contribution in [0, 0.1) is 0 Å². The van der Waals surface area contributed by atoms with Crippen molar-refractivity contribution in [2.75, 3.05) is 24.5 Å². The van der Waals surface area contributed by atoms with Crippen molar-refractivity contribution < 1.29 is 27.8 Å². The average molecular weight is 469 g/mol. The molecule has 8 nitrogen and oxygen atoms in total. The van der Waals surface area contributed by atoms with E-state index < -0.39 is 16.1 Å². The molecular formula is C24H24N2O6S. The van der Waals surface area contributed by atoms with Gasteiger partial charge in [-0.2, -0.15) is 0 Å². The fourth-order valence-electron chi connectivity index (χ4n) is 3.30. The molecule has 3 aromatic rings. The van der Waals surface area contributed by atoms with Crippen molar-refractivity contribution in [3.63, 3.8) is 0 Å². The third-order valence-electron chi connectivity index (χ3n) is 5.07. The number of carbonyl (C=O) groups is 1. The van der Waals surface area contributed by atoms with Crippen molar-refractivity contribution in [1.82, 2.24) is 5.32 Å². The molecule has 1 unspecified atom stereocenters. The van der Waals surface area contributed by atoms with Crippen molar-refractivity contribution in [3.05, 3.63) is 83.9 Å². The minimum atomic E-state index is -3.86. The predicted octanol–water partition coefficient (Wildman–Crippen LogP) is 3.11. The van der Waals surface area contributed by atoms with Gasteiger partial charge in [-0.1, -0.05) is 30.3 Å². The molecule has 0 radical (unpaired) electrons. The maximum atomic E-state index is 12.8. The lowest BCUT2D eigenvalue weighted by Gasteiger charge is -2.13. The molecule has 0 bridgehead atoms. The van der Waals surface area contributed by atoms with Crippen LogP contribution in [0.1, 0.15) is 28.4 Å². The van der Waals surface area contributed by atoms with Crippen LogP contribution in [-0.2, 0) is 10.0 Å². The summed E-state index contributed by atoms with van der Waals surface area (Å²) >= 11 is 0. The van der Waals surface area contributed by atoms with Gasteiger partial charge in [0.25, 0.3) is 15.9 Å². The van der Waals surface area contributed by atoms with Crippen LogP contribution in [0.4, 0.5) is 5.69 Å². The number of hydrogen-bond acceptors (Lipinski definition) is 6. The van der Waals surface area contributed by atoms with Crippen LogP contribution in [0.2, 0.25) is 0 Å². The zero-order valence-electron chi connectivity index (χ0n) is 17.7. The van der Waals surface area contributed by atoms with E-state index in [-0.39, 0.29) is 17.3 Å². The number of ether oxygens (including phenoxy) is 2. The van der Waals surface area contributed by atoms with Crippen molar-refractivity contribution in [3.8, 4) is 11.5 Å². The number of fused-ring (bicyclic) bond motifs is 1. The largest absolute Gasteiger partial charge is 0.490 e. The number of benzene rings is 3. The van der Waals surface area contributed by atoms with Crippen LogP contribution >= 0.6 is 0 Å². The summed E-state index contributed by atoms with van der Waals surface area (Å²) in [6.07, 6.45) is -0.100. The number of aliphatic hydroxyl groups excluding tert-OH is 1. The molecule has 172 valence electrons. The summed E-state index contributed by atoms with van der Waals surface area (Å²) in [5.41, 5.74) is 1.36. The number of amides is 1. The predicted molar refractivity (Wildman–Crippen MR) is 123 cm³/mol. The molecule has 0 saturated carbocycles. The van der Waals surface area contributed by atoms with Gasteiger partial charge in [-0.05, 0) is 42.0 Å². The fourth-order valence-corrected chi connectivity index (χ4v) is 4.37. The molecule has 33 heavy (non-hydrogen) atoms. The zero-order chi connectivity index (χ0) is 23.3. The molecule has 0 saturated heterocycles. The van der Waals surface area contributed by atoms with Crippen molar-refractivity contribution in [2.45, 2.75) is 17.4 Å². The fraction of sp³-hybridized carbons (Fsp3) is 0.208. The molecule has 1 heterocycles. The van der Waals surface area contributed by atoms with Crippen LogP contribution in [0.5, 0.6) is 11.5 Å². The van der Waals surface area contributed by atoms with Crippen molar-refractivity contribution in [2.24, 2.45) is 0 Å². The third kappa shape index (κ3) is 5.63. The Labute approximate surface area is 192 Å². The molecule has 0 spiro atoms. The van der Waals surface area contributed by atoms with Crippen LogP contribution in [0.15, 0.2) is 77.7 Å². The number of rotatable bonds is 7. The second-order valence-electron chi connectivity index (χ2n) is 7.48. The first-order chi connectivity index (χ1) is 15.9. The number of hydrogen-bond donors (Lipinski definition) is 3. The lowest BCUT2D eigenvalue weighted by Crippen LogP contribution is -2.28. The summed E-state index contributed by atoms with van der Waals surface area (Å²) in [7, 11) is -3.86. The standard InChI is InChI=1S/C24H24N2O6S/c27-21(17-5-2-1-3-6-17)16-25-24(28)18-7-9-19(10-8-18)26-33(29,30)20-11-12-22-23(15-20)32-14-4-13-31-22/h1-3,5-12,15,21,26-27H,4,13-14,16H2,(H,25,28). The second kappa shape index (κ2) is 9.93. The monoisotopic (exact) mass is 468 g/mol. The van der Waals surface area contributed by atoms with Gasteiger partial charge in [-0.25, -0.2) is 8.42 Å². The maximum Gasteiger partial charge on any atom is 0.262 e. The van der Waals surface area contributed by atoms with Gasteiger partial charge in [0, 0.05) is 30.3 Å². The van der Waals surface area contributed by atoms with E-state index in [9.17, 15) is 18.3 Å². The van der Waals surface area contributed by atoms with E-state index >= 15 is 0 Å². The summed E-state index contributed by atoms with van der Waals surface area (Å²) in [5, 5.41) is 12.8. The van der Waals surface area contributed by atoms with Crippen LogP contribution < -0.4 is 19.5 Å². The Hall–Kier alpha value is -3.56. The van der Waals surface area contributed by atoms with Gasteiger partial charge >= 0.3 is 0 Å². The highest BCUT2D eigenvalue weighted by Gasteiger charge is 2.19. The highest BCUT2D eigenvalue weighted by atomic mass is 32.2. The van der Waals surface area contributed by atoms with Crippen LogP contribution in [-0.4, -0.2) is 39.2 Å². The Balaban J connectivity index is 1.38. The Kier molecular flexibility index (Phi) is 6.81. The molecule has 3 N–H and O–H groups in total. The number of sulfonamides is 1. The Morgan fingerprint density at radius 2 is 1.64 bits per heavy atom. The van der Waals surface area contributed by atoms with Gasteiger partial charge in [0.05, 0.1) is 24.2 Å². The number of carbonyl (C=O) groups excluding carboxylic acids is 1. The minimum absolute atomic E-state index is 0.0449. The van der Waals surface area contributed by atoms with Gasteiger partial charge in [-0.15, -0.1) is 0 Å². The summed E-state index contributed by atoms with van der Waals surface area (Å²) in [5.74, 6) is 0.529. The molecule has 3 aromatic carbocycles. The Morgan fingerprint density at radius 3 is 2.36 bits per heavy atom. The molecule has 0 fully saturated rings. The average Bonchev–Trinajstić information content (AvgIpc) is 3.08. The summed E-state index contributed by atoms with van der Waals surface area (Å²) in [6, 6.07) is 19.5. The second-order valence-corrected chi connectivity index (χ2v) is 9.16. The summed E-state index contributed by atoms with van der Waals surface area (Å²) in [6.45, 7) is 1.03.